The molecule has 0 bridgehead atoms. The van der Waals surface area contributed by atoms with E-state index in [1.54, 1.807) is 14.2 Å². The van der Waals surface area contributed by atoms with Gasteiger partial charge in [-0.1, -0.05) is 6.07 Å². The molecule has 4 rings (SSSR count). The summed E-state index contributed by atoms with van der Waals surface area (Å²) in [5, 5.41) is 5.22. The van der Waals surface area contributed by atoms with Crippen LogP contribution in [0, 0.1) is 17.5 Å². The maximum absolute atomic E-state index is 14.0. The second kappa shape index (κ2) is 9.97. The van der Waals surface area contributed by atoms with Crippen LogP contribution in [0.25, 0.3) is 0 Å². The first-order valence-electron chi connectivity index (χ1n) is 11.9. The van der Waals surface area contributed by atoms with Crippen LogP contribution in [0.3, 0.4) is 0 Å². The van der Waals surface area contributed by atoms with Gasteiger partial charge in [0.2, 0.25) is 0 Å². The third kappa shape index (κ3) is 4.66. The largest absolute Gasteiger partial charge is 0.493 e. The Bertz CT molecular complexity index is 1100. The van der Waals surface area contributed by atoms with Crippen molar-refractivity contribution < 1.29 is 27.4 Å². The van der Waals surface area contributed by atoms with E-state index in [0.717, 1.165) is 37.9 Å². The molecule has 3 atom stereocenters. The summed E-state index contributed by atoms with van der Waals surface area (Å²) >= 11 is 0. The molecule has 1 aliphatic carbocycles. The molecule has 2 amide bonds. The van der Waals surface area contributed by atoms with Gasteiger partial charge in [0.1, 0.15) is 0 Å². The van der Waals surface area contributed by atoms with Gasteiger partial charge in [-0.05, 0) is 75.9 Å². The van der Waals surface area contributed by atoms with Crippen molar-refractivity contribution in [1.82, 2.24) is 10.2 Å². The molecule has 1 heterocycles. The fraction of sp³-hybridized carbons (Fsp3) is 0.500. The summed E-state index contributed by atoms with van der Waals surface area (Å²) in [4.78, 5) is 15.1. The first kappa shape index (κ1) is 25.2. The van der Waals surface area contributed by atoms with Gasteiger partial charge in [-0.25, -0.2) is 18.0 Å². The summed E-state index contributed by atoms with van der Waals surface area (Å²) in [5.41, 5.74) is 0.696. The van der Waals surface area contributed by atoms with E-state index in [4.69, 9.17) is 9.47 Å². The number of nitrogens with one attached hydrogen (secondary N) is 2. The Labute approximate surface area is 203 Å². The second-order valence-corrected chi connectivity index (χ2v) is 9.62. The van der Waals surface area contributed by atoms with E-state index < -0.39 is 29.2 Å². The van der Waals surface area contributed by atoms with Gasteiger partial charge in [0, 0.05) is 23.5 Å². The van der Waals surface area contributed by atoms with E-state index in [0.29, 0.717) is 24.0 Å². The van der Waals surface area contributed by atoms with Crippen molar-refractivity contribution in [2.45, 2.75) is 63.1 Å². The normalized spacial score (nSPS) is 24.2. The molecule has 0 radical (unpaired) electrons. The van der Waals surface area contributed by atoms with Crippen molar-refractivity contribution in [3.05, 3.63) is 53.3 Å². The van der Waals surface area contributed by atoms with E-state index in [1.165, 1.54) is 5.56 Å². The number of benzene rings is 2. The lowest BCUT2D eigenvalue weighted by Crippen LogP contribution is -2.54. The molecular formula is C26H32F3N3O3. The first-order chi connectivity index (χ1) is 16.7. The number of anilines is 1. The summed E-state index contributed by atoms with van der Waals surface area (Å²) in [6, 6.07) is 7.59. The number of urea groups is 1. The van der Waals surface area contributed by atoms with Gasteiger partial charge < -0.3 is 20.1 Å². The molecule has 0 spiro atoms. The summed E-state index contributed by atoms with van der Waals surface area (Å²) in [7, 11) is 3.24. The zero-order valence-corrected chi connectivity index (χ0v) is 20.5. The van der Waals surface area contributed by atoms with Crippen molar-refractivity contribution in [3.8, 4) is 11.5 Å². The number of hydrogen-bond donors (Lipinski definition) is 2. The lowest BCUT2D eigenvalue weighted by Gasteiger charge is -2.46. The average molecular weight is 492 g/mol. The molecule has 2 aliphatic rings. The number of ether oxygens (including phenoxy) is 2. The number of likely N-dealkylation sites (tertiary alicyclic amines) is 1. The second-order valence-electron chi connectivity index (χ2n) is 9.62. The Morgan fingerprint density at radius 2 is 1.80 bits per heavy atom. The maximum Gasteiger partial charge on any atom is 0.319 e. The van der Waals surface area contributed by atoms with Crippen molar-refractivity contribution in [2.24, 2.45) is 0 Å². The number of amides is 2. The first-order valence-corrected chi connectivity index (χ1v) is 11.9. The van der Waals surface area contributed by atoms with Crippen LogP contribution in [-0.2, 0) is 5.41 Å². The molecule has 6 nitrogen and oxygen atoms in total. The molecule has 0 aromatic heterocycles. The van der Waals surface area contributed by atoms with Gasteiger partial charge in [-0.2, -0.15) is 0 Å². The number of rotatable bonds is 6. The van der Waals surface area contributed by atoms with E-state index in [9.17, 15) is 18.0 Å². The van der Waals surface area contributed by atoms with Crippen LogP contribution in [0.2, 0.25) is 0 Å². The highest BCUT2D eigenvalue weighted by Gasteiger charge is 2.52. The smallest absolute Gasteiger partial charge is 0.319 e. The SMILES string of the molecule is COc1ccc(C23CCC(NC(=O)Nc4ccc(F)c(F)c4F)CC2N(C(C)C)CC3)cc1OC. The van der Waals surface area contributed by atoms with Gasteiger partial charge in [-0.3, -0.25) is 4.90 Å². The van der Waals surface area contributed by atoms with Gasteiger partial charge in [0.25, 0.3) is 0 Å². The van der Waals surface area contributed by atoms with Crippen LogP contribution in [0.1, 0.15) is 45.1 Å². The zero-order chi connectivity index (χ0) is 25.3. The minimum atomic E-state index is -1.61. The monoisotopic (exact) mass is 491 g/mol. The number of fused-ring (bicyclic) bond motifs is 1. The van der Waals surface area contributed by atoms with E-state index in [2.05, 4.69) is 41.5 Å². The van der Waals surface area contributed by atoms with Gasteiger partial charge in [-0.15, -0.1) is 0 Å². The molecule has 1 saturated heterocycles. The summed E-state index contributed by atoms with van der Waals surface area (Å²) in [6.45, 7) is 5.27. The van der Waals surface area contributed by atoms with E-state index in [-0.39, 0.29) is 17.5 Å². The van der Waals surface area contributed by atoms with E-state index >= 15 is 0 Å². The highest BCUT2D eigenvalue weighted by Crippen LogP contribution is 2.50. The fourth-order valence-electron chi connectivity index (χ4n) is 5.78. The molecular weight excluding hydrogens is 459 g/mol. The standard InChI is InChI=1S/C26H32F3N3O3/c1-15(2)32-12-11-26(16-5-8-20(34-3)21(13-16)35-4)10-9-17(14-22(26)32)30-25(33)31-19-7-6-18(27)23(28)24(19)29/h5-8,13,15,17,22H,9-12,14H2,1-4H3,(H2,30,31,33). The lowest BCUT2D eigenvalue weighted by molar-refractivity contribution is 0.113. The van der Waals surface area contributed by atoms with Crippen LogP contribution in [0.15, 0.2) is 30.3 Å². The van der Waals surface area contributed by atoms with Crippen LogP contribution in [0.4, 0.5) is 23.7 Å². The number of carbonyl (C=O) groups excluding carboxylic acids is 1. The number of nitrogens with zero attached hydrogens (tertiary/aromatic N) is 1. The Morgan fingerprint density at radius 1 is 1.06 bits per heavy atom. The Morgan fingerprint density at radius 3 is 2.49 bits per heavy atom. The molecule has 3 unspecified atom stereocenters. The number of carbonyl (C=O) groups is 1. The van der Waals surface area contributed by atoms with Crippen LogP contribution < -0.4 is 20.1 Å². The Kier molecular flexibility index (Phi) is 7.17. The molecule has 2 N–H and O–H groups in total. The molecule has 1 saturated carbocycles. The highest BCUT2D eigenvalue weighted by molar-refractivity contribution is 5.89. The van der Waals surface area contributed by atoms with Crippen molar-refractivity contribution in [3.63, 3.8) is 0 Å². The van der Waals surface area contributed by atoms with Crippen LogP contribution >= 0.6 is 0 Å². The van der Waals surface area contributed by atoms with Crippen molar-refractivity contribution in [2.75, 3.05) is 26.1 Å². The third-order valence-electron chi connectivity index (χ3n) is 7.54. The molecule has 1 aliphatic heterocycles. The molecule has 2 aromatic carbocycles. The molecule has 2 aromatic rings. The maximum atomic E-state index is 14.0. The number of hydrogen-bond acceptors (Lipinski definition) is 4. The summed E-state index contributed by atoms with van der Waals surface area (Å²) in [5.74, 6) is -2.97. The van der Waals surface area contributed by atoms with Crippen molar-refractivity contribution in [1.29, 1.82) is 0 Å². The number of methoxy groups -OCH3 is 2. The van der Waals surface area contributed by atoms with Crippen LogP contribution in [-0.4, -0.2) is 49.8 Å². The average Bonchev–Trinajstić information content (AvgIpc) is 3.24. The predicted molar refractivity (Wildman–Crippen MR) is 128 cm³/mol. The topological polar surface area (TPSA) is 62.8 Å². The third-order valence-corrected chi connectivity index (χ3v) is 7.54. The molecule has 190 valence electrons. The molecule has 2 fully saturated rings. The predicted octanol–water partition coefficient (Wildman–Crippen LogP) is 5.22. The number of halogens is 3. The minimum Gasteiger partial charge on any atom is -0.493 e. The zero-order valence-electron chi connectivity index (χ0n) is 20.5. The Hall–Kier alpha value is -2.94. The summed E-state index contributed by atoms with van der Waals surface area (Å²) < 4.78 is 51.7. The van der Waals surface area contributed by atoms with Gasteiger partial charge in [0.15, 0.2) is 29.0 Å². The van der Waals surface area contributed by atoms with Crippen LogP contribution in [0.5, 0.6) is 11.5 Å². The van der Waals surface area contributed by atoms with Gasteiger partial charge >= 0.3 is 6.03 Å². The highest BCUT2D eigenvalue weighted by atomic mass is 19.2. The Balaban J connectivity index is 1.53. The molecule has 35 heavy (non-hydrogen) atoms. The van der Waals surface area contributed by atoms with E-state index in [1.807, 2.05) is 6.07 Å². The quantitative estimate of drug-likeness (QED) is 0.545. The summed E-state index contributed by atoms with van der Waals surface area (Å²) in [6.07, 6.45) is 3.27. The fourth-order valence-corrected chi connectivity index (χ4v) is 5.78. The molecule has 9 heteroatoms. The van der Waals surface area contributed by atoms with Gasteiger partial charge in [0.05, 0.1) is 19.9 Å². The minimum absolute atomic E-state index is 0.0926. The lowest BCUT2D eigenvalue weighted by atomic mass is 9.65. The van der Waals surface area contributed by atoms with Crippen molar-refractivity contribution >= 4 is 11.7 Å².